The van der Waals surface area contributed by atoms with Gasteiger partial charge in [0.15, 0.2) is 0 Å². The highest BCUT2D eigenvalue weighted by atomic mass is 79.9. The van der Waals surface area contributed by atoms with E-state index < -0.39 is 0 Å². The normalized spacial score (nSPS) is 28.2. The second-order valence-electron chi connectivity index (χ2n) is 4.04. The van der Waals surface area contributed by atoms with Gasteiger partial charge in [-0.3, -0.25) is 0 Å². The fourth-order valence-electron chi connectivity index (χ4n) is 2.00. The molecule has 3 heteroatoms. The zero-order valence-electron chi connectivity index (χ0n) is 7.99. The largest absolute Gasteiger partial charge is 0.328 e. The molecule has 1 atom stereocenters. The van der Waals surface area contributed by atoms with Crippen LogP contribution in [0.25, 0.3) is 0 Å². The molecule has 2 rings (SSSR count). The van der Waals surface area contributed by atoms with E-state index >= 15 is 0 Å². The highest BCUT2D eigenvalue weighted by Gasteiger charge is 2.32. The predicted molar refractivity (Wildman–Crippen MR) is 61.8 cm³/mol. The summed E-state index contributed by atoms with van der Waals surface area (Å²) in [6, 6.07) is 8.65. The molecule has 1 aliphatic carbocycles. The Kier molecular flexibility index (Phi) is 2.91. The van der Waals surface area contributed by atoms with Crippen LogP contribution in [0, 0.1) is 5.92 Å². The van der Waals surface area contributed by atoms with E-state index in [1.165, 1.54) is 5.56 Å². The smallest absolute Gasteiger partial charge is 0.0335 e. The third kappa shape index (κ3) is 1.85. The van der Waals surface area contributed by atoms with Gasteiger partial charge in [-0.2, -0.15) is 0 Å². The Labute approximate surface area is 92.8 Å². The maximum absolute atomic E-state index is 6.18. The van der Waals surface area contributed by atoms with Crippen LogP contribution >= 0.6 is 15.9 Å². The van der Waals surface area contributed by atoms with Crippen LogP contribution in [0.5, 0.6) is 0 Å². The van der Waals surface area contributed by atoms with E-state index in [2.05, 4.69) is 22.0 Å². The number of halogens is 1. The van der Waals surface area contributed by atoms with E-state index in [9.17, 15) is 0 Å². The van der Waals surface area contributed by atoms with Gasteiger partial charge in [-0.1, -0.05) is 34.1 Å². The number of benzene rings is 1. The lowest BCUT2D eigenvalue weighted by molar-refractivity contribution is 0.223. The van der Waals surface area contributed by atoms with Crippen LogP contribution in [0.15, 0.2) is 28.7 Å². The van der Waals surface area contributed by atoms with Gasteiger partial charge in [0.05, 0.1) is 0 Å². The topological polar surface area (TPSA) is 52.0 Å². The SMILES string of the molecule is NC1CC(C(N)c2ccccc2Br)C1. The molecular weight excluding hydrogens is 240 g/mol. The Hall–Kier alpha value is -0.380. The summed E-state index contributed by atoms with van der Waals surface area (Å²) in [5.74, 6) is 0.559. The van der Waals surface area contributed by atoms with E-state index in [0.29, 0.717) is 12.0 Å². The molecule has 1 fully saturated rings. The first-order valence-corrected chi connectivity index (χ1v) is 5.73. The monoisotopic (exact) mass is 254 g/mol. The van der Waals surface area contributed by atoms with Crippen molar-refractivity contribution in [2.75, 3.05) is 0 Å². The van der Waals surface area contributed by atoms with Crippen LogP contribution in [0.1, 0.15) is 24.4 Å². The summed E-state index contributed by atoms with van der Waals surface area (Å²) in [5, 5.41) is 0. The highest BCUT2D eigenvalue weighted by molar-refractivity contribution is 9.10. The van der Waals surface area contributed by atoms with Crippen molar-refractivity contribution in [2.24, 2.45) is 17.4 Å². The first kappa shape index (κ1) is 10.1. The summed E-state index contributed by atoms with van der Waals surface area (Å²) in [5.41, 5.74) is 13.1. The number of hydrogen-bond donors (Lipinski definition) is 2. The van der Waals surface area contributed by atoms with Gasteiger partial charge in [-0.15, -0.1) is 0 Å². The maximum atomic E-state index is 6.18. The number of rotatable bonds is 2. The summed E-state index contributed by atoms with van der Waals surface area (Å²) in [6.07, 6.45) is 2.12. The predicted octanol–water partition coefficient (Wildman–Crippen LogP) is 2.19. The Morgan fingerprint density at radius 2 is 1.93 bits per heavy atom. The standard InChI is InChI=1S/C11H15BrN2/c12-10-4-2-1-3-9(10)11(14)7-5-8(13)6-7/h1-4,7-8,11H,5-6,13-14H2. The van der Waals surface area contributed by atoms with Crippen LogP contribution in [0.4, 0.5) is 0 Å². The third-order valence-electron chi connectivity index (χ3n) is 2.98. The molecule has 4 N–H and O–H groups in total. The fourth-order valence-corrected chi connectivity index (χ4v) is 2.55. The molecule has 2 nitrogen and oxygen atoms in total. The molecule has 0 radical (unpaired) electrons. The van der Waals surface area contributed by atoms with Gasteiger partial charge in [0.1, 0.15) is 0 Å². The zero-order valence-corrected chi connectivity index (χ0v) is 9.57. The van der Waals surface area contributed by atoms with Gasteiger partial charge in [0.25, 0.3) is 0 Å². The molecule has 1 aliphatic rings. The number of nitrogens with two attached hydrogens (primary N) is 2. The Balaban J connectivity index is 2.11. The second-order valence-corrected chi connectivity index (χ2v) is 4.89. The fraction of sp³-hybridized carbons (Fsp3) is 0.455. The minimum Gasteiger partial charge on any atom is -0.328 e. The summed E-state index contributed by atoms with van der Waals surface area (Å²) in [7, 11) is 0. The molecule has 0 amide bonds. The van der Waals surface area contributed by atoms with Crippen molar-refractivity contribution in [1.29, 1.82) is 0 Å². The quantitative estimate of drug-likeness (QED) is 0.851. The van der Waals surface area contributed by atoms with Crippen molar-refractivity contribution in [2.45, 2.75) is 24.9 Å². The summed E-state index contributed by atoms with van der Waals surface area (Å²) < 4.78 is 1.10. The van der Waals surface area contributed by atoms with Crippen LogP contribution in [0.3, 0.4) is 0 Å². The van der Waals surface area contributed by atoms with Crippen LogP contribution in [0.2, 0.25) is 0 Å². The Bertz CT molecular complexity index is 321. The lowest BCUT2D eigenvalue weighted by Gasteiger charge is -2.37. The van der Waals surface area contributed by atoms with E-state index in [1.54, 1.807) is 0 Å². The molecule has 0 spiro atoms. The molecule has 76 valence electrons. The lowest BCUT2D eigenvalue weighted by atomic mass is 9.74. The van der Waals surface area contributed by atoms with Gasteiger partial charge in [-0.05, 0) is 30.4 Å². The van der Waals surface area contributed by atoms with Gasteiger partial charge in [0, 0.05) is 16.6 Å². The van der Waals surface area contributed by atoms with Crippen LogP contribution in [-0.4, -0.2) is 6.04 Å². The first-order valence-electron chi connectivity index (χ1n) is 4.94. The Morgan fingerprint density at radius 1 is 1.29 bits per heavy atom. The van der Waals surface area contributed by atoms with E-state index in [0.717, 1.165) is 17.3 Å². The minimum atomic E-state index is 0.130. The molecule has 0 bridgehead atoms. The van der Waals surface area contributed by atoms with Crippen molar-refractivity contribution < 1.29 is 0 Å². The molecule has 1 unspecified atom stereocenters. The molecule has 0 aliphatic heterocycles. The van der Waals surface area contributed by atoms with E-state index in [1.807, 2.05) is 18.2 Å². The maximum Gasteiger partial charge on any atom is 0.0335 e. The second kappa shape index (κ2) is 4.01. The van der Waals surface area contributed by atoms with Crippen molar-refractivity contribution in [3.05, 3.63) is 34.3 Å². The molecule has 1 saturated carbocycles. The molecule has 1 aromatic carbocycles. The van der Waals surface area contributed by atoms with E-state index in [-0.39, 0.29) is 6.04 Å². The van der Waals surface area contributed by atoms with Crippen molar-refractivity contribution in [3.8, 4) is 0 Å². The van der Waals surface area contributed by atoms with Gasteiger partial charge >= 0.3 is 0 Å². The highest BCUT2D eigenvalue weighted by Crippen LogP contribution is 2.37. The average molecular weight is 255 g/mol. The van der Waals surface area contributed by atoms with Crippen molar-refractivity contribution in [1.82, 2.24) is 0 Å². The zero-order chi connectivity index (χ0) is 10.1. The molecule has 0 saturated heterocycles. The number of hydrogen-bond acceptors (Lipinski definition) is 2. The molecule has 0 aromatic heterocycles. The van der Waals surface area contributed by atoms with Gasteiger partial charge in [-0.25, -0.2) is 0 Å². The Morgan fingerprint density at radius 3 is 2.50 bits per heavy atom. The average Bonchev–Trinajstić information content (AvgIpc) is 2.13. The van der Waals surface area contributed by atoms with E-state index in [4.69, 9.17) is 11.5 Å². The van der Waals surface area contributed by atoms with Crippen molar-refractivity contribution >= 4 is 15.9 Å². The van der Waals surface area contributed by atoms with Crippen LogP contribution < -0.4 is 11.5 Å². The summed E-state index contributed by atoms with van der Waals surface area (Å²) >= 11 is 3.52. The molecule has 14 heavy (non-hydrogen) atoms. The summed E-state index contributed by atoms with van der Waals surface area (Å²) in [6.45, 7) is 0. The minimum absolute atomic E-state index is 0.130. The van der Waals surface area contributed by atoms with Crippen LogP contribution in [-0.2, 0) is 0 Å². The van der Waals surface area contributed by atoms with Crippen molar-refractivity contribution in [3.63, 3.8) is 0 Å². The summed E-state index contributed by atoms with van der Waals surface area (Å²) in [4.78, 5) is 0. The van der Waals surface area contributed by atoms with Gasteiger partial charge in [0.2, 0.25) is 0 Å². The van der Waals surface area contributed by atoms with Gasteiger partial charge < -0.3 is 11.5 Å². The third-order valence-corrected chi connectivity index (χ3v) is 3.71. The first-order chi connectivity index (χ1) is 6.68. The molecular formula is C11H15BrN2. The molecule has 1 aromatic rings. The lowest BCUT2D eigenvalue weighted by Crippen LogP contribution is -2.41. The molecule has 0 heterocycles.